The number of rotatable bonds is 2. The summed E-state index contributed by atoms with van der Waals surface area (Å²) in [5, 5.41) is 9.08. The minimum Gasteiger partial charge on any atom is -0.480 e. The molecule has 2 aliphatic heterocycles. The van der Waals surface area contributed by atoms with Crippen molar-refractivity contribution in [2.75, 3.05) is 19.6 Å². The van der Waals surface area contributed by atoms with E-state index in [4.69, 9.17) is 10.8 Å². The average Bonchev–Trinajstić information content (AvgIpc) is 2.87. The van der Waals surface area contributed by atoms with Crippen LogP contribution in [0.2, 0.25) is 0 Å². The van der Waals surface area contributed by atoms with Crippen molar-refractivity contribution in [2.24, 2.45) is 11.7 Å². The van der Waals surface area contributed by atoms with Crippen LogP contribution in [0.1, 0.15) is 25.7 Å². The standard InChI is InChI=1S/C12H19N3O4/c13-10(16)8-3-1-5-14(7-8)12(19)15-6-2-4-9(15)11(17)18/h8-9H,1-7H2,(H2,13,16)(H,17,18)/t8?,9-/m1/s1. The van der Waals surface area contributed by atoms with Crippen molar-refractivity contribution in [1.29, 1.82) is 0 Å². The van der Waals surface area contributed by atoms with Gasteiger partial charge in [-0.1, -0.05) is 0 Å². The third-order valence-corrected chi connectivity index (χ3v) is 3.88. The zero-order valence-electron chi connectivity index (χ0n) is 10.7. The van der Waals surface area contributed by atoms with Gasteiger partial charge in [0.25, 0.3) is 0 Å². The van der Waals surface area contributed by atoms with Gasteiger partial charge in [-0.25, -0.2) is 9.59 Å². The Kier molecular flexibility index (Phi) is 3.92. The highest BCUT2D eigenvalue weighted by molar-refractivity contribution is 5.84. The molecule has 19 heavy (non-hydrogen) atoms. The fraction of sp³-hybridized carbons (Fsp3) is 0.750. The first kappa shape index (κ1) is 13.6. The molecule has 1 unspecified atom stereocenters. The van der Waals surface area contributed by atoms with Crippen LogP contribution >= 0.6 is 0 Å². The second-order valence-electron chi connectivity index (χ2n) is 5.16. The van der Waals surface area contributed by atoms with E-state index in [2.05, 4.69) is 0 Å². The molecule has 7 heteroatoms. The third-order valence-electron chi connectivity index (χ3n) is 3.88. The maximum atomic E-state index is 12.3. The second-order valence-corrected chi connectivity index (χ2v) is 5.16. The number of hydrogen-bond donors (Lipinski definition) is 2. The summed E-state index contributed by atoms with van der Waals surface area (Å²) in [4.78, 5) is 37.5. The smallest absolute Gasteiger partial charge is 0.326 e. The van der Waals surface area contributed by atoms with Crippen LogP contribution < -0.4 is 5.73 Å². The van der Waals surface area contributed by atoms with Crippen LogP contribution in [0.4, 0.5) is 4.79 Å². The molecule has 106 valence electrons. The van der Waals surface area contributed by atoms with Gasteiger partial charge in [0.15, 0.2) is 0 Å². The topological polar surface area (TPSA) is 104 Å². The quantitative estimate of drug-likeness (QED) is 0.727. The molecular formula is C12H19N3O4. The molecule has 0 radical (unpaired) electrons. The maximum absolute atomic E-state index is 12.3. The first-order valence-electron chi connectivity index (χ1n) is 6.58. The molecule has 3 N–H and O–H groups in total. The van der Waals surface area contributed by atoms with Gasteiger partial charge in [-0.2, -0.15) is 0 Å². The number of carbonyl (C=O) groups excluding carboxylic acids is 2. The largest absolute Gasteiger partial charge is 0.480 e. The number of nitrogens with two attached hydrogens (primary N) is 1. The lowest BCUT2D eigenvalue weighted by atomic mass is 9.98. The molecule has 2 atom stereocenters. The predicted octanol–water partition coefficient (Wildman–Crippen LogP) is -0.147. The lowest BCUT2D eigenvalue weighted by Crippen LogP contribution is -2.52. The van der Waals surface area contributed by atoms with Gasteiger partial charge in [0.05, 0.1) is 5.92 Å². The number of primary amides is 1. The summed E-state index contributed by atoms with van der Waals surface area (Å²) in [6, 6.07) is -1.02. The molecule has 0 aromatic carbocycles. The number of carboxylic acids is 1. The highest BCUT2D eigenvalue weighted by Crippen LogP contribution is 2.23. The van der Waals surface area contributed by atoms with Crippen LogP contribution in [-0.4, -0.2) is 58.5 Å². The Labute approximate surface area is 111 Å². The molecule has 2 saturated heterocycles. The Bertz CT molecular complexity index is 398. The molecular weight excluding hydrogens is 250 g/mol. The van der Waals surface area contributed by atoms with Crippen molar-refractivity contribution in [1.82, 2.24) is 9.80 Å². The molecule has 3 amide bonds. The number of amides is 3. The van der Waals surface area contributed by atoms with Gasteiger partial charge >= 0.3 is 12.0 Å². The van der Waals surface area contributed by atoms with E-state index in [1.807, 2.05) is 0 Å². The number of carbonyl (C=O) groups is 3. The molecule has 7 nitrogen and oxygen atoms in total. The predicted molar refractivity (Wildman–Crippen MR) is 66.3 cm³/mol. The molecule has 2 rings (SSSR count). The summed E-state index contributed by atoms with van der Waals surface area (Å²) >= 11 is 0. The summed E-state index contributed by atoms with van der Waals surface area (Å²) in [5.41, 5.74) is 5.27. The van der Waals surface area contributed by atoms with Gasteiger partial charge in [0.2, 0.25) is 5.91 Å². The zero-order valence-corrected chi connectivity index (χ0v) is 10.7. The van der Waals surface area contributed by atoms with Gasteiger partial charge < -0.3 is 20.6 Å². The summed E-state index contributed by atoms with van der Waals surface area (Å²) < 4.78 is 0. The molecule has 2 fully saturated rings. The van der Waals surface area contributed by atoms with Crippen molar-refractivity contribution in [3.63, 3.8) is 0 Å². The molecule has 0 aliphatic carbocycles. The van der Waals surface area contributed by atoms with E-state index in [-0.39, 0.29) is 11.9 Å². The number of hydrogen-bond acceptors (Lipinski definition) is 3. The van der Waals surface area contributed by atoms with Crippen molar-refractivity contribution >= 4 is 17.9 Å². The van der Waals surface area contributed by atoms with E-state index in [9.17, 15) is 14.4 Å². The Balaban J connectivity index is 2.02. The highest BCUT2D eigenvalue weighted by Gasteiger charge is 2.37. The molecule has 0 aromatic heterocycles. The molecule has 2 heterocycles. The van der Waals surface area contributed by atoms with Crippen LogP contribution in [-0.2, 0) is 9.59 Å². The van der Waals surface area contributed by atoms with E-state index < -0.39 is 17.9 Å². The fourth-order valence-corrected chi connectivity index (χ4v) is 2.82. The van der Waals surface area contributed by atoms with E-state index in [1.165, 1.54) is 4.90 Å². The van der Waals surface area contributed by atoms with Gasteiger partial charge in [-0.05, 0) is 25.7 Å². The van der Waals surface area contributed by atoms with Crippen LogP contribution in [0.3, 0.4) is 0 Å². The summed E-state index contributed by atoms with van der Waals surface area (Å²) in [6.07, 6.45) is 2.62. The molecule has 0 saturated carbocycles. The molecule has 0 spiro atoms. The number of urea groups is 1. The van der Waals surface area contributed by atoms with Gasteiger partial charge in [-0.15, -0.1) is 0 Å². The molecule has 0 aromatic rings. The summed E-state index contributed by atoms with van der Waals surface area (Å²) in [6.45, 7) is 1.33. The van der Waals surface area contributed by atoms with E-state index in [0.29, 0.717) is 38.9 Å². The van der Waals surface area contributed by atoms with Gasteiger partial charge in [-0.3, -0.25) is 4.79 Å². The lowest BCUT2D eigenvalue weighted by Gasteiger charge is -2.35. The first-order chi connectivity index (χ1) is 9.00. The molecule has 0 bridgehead atoms. The van der Waals surface area contributed by atoms with Crippen molar-refractivity contribution in [2.45, 2.75) is 31.7 Å². The van der Waals surface area contributed by atoms with E-state index in [1.54, 1.807) is 4.90 Å². The van der Waals surface area contributed by atoms with Crippen molar-refractivity contribution < 1.29 is 19.5 Å². The first-order valence-corrected chi connectivity index (χ1v) is 6.58. The zero-order chi connectivity index (χ0) is 14.0. The Morgan fingerprint density at radius 2 is 1.79 bits per heavy atom. The Hall–Kier alpha value is -1.79. The number of carboxylic acid groups (broad SMARTS) is 1. The summed E-state index contributed by atoms with van der Waals surface area (Å²) in [5.74, 6) is -1.67. The van der Waals surface area contributed by atoms with Gasteiger partial charge in [0, 0.05) is 19.6 Å². The van der Waals surface area contributed by atoms with Crippen molar-refractivity contribution in [3.05, 3.63) is 0 Å². The summed E-state index contributed by atoms with van der Waals surface area (Å²) in [7, 11) is 0. The maximum Gasteiger partial charge on any atom is 0.326 e. The Morgan fingerprint density at radius 3 is 2.42 bits per heavy atom. The minimum atomic E-state index is -0.964. The minimum absolute atomic E-state index is 0.282. The normalized spacial score (nSPS) is 27.4. The second kappa shape index (κ2) is 5.46. The highest BCUT2D eigenvalue weighted by atomic mass is 16.4. The average molecular weight is 269 g/mol. The van der Waals surface area contributed by atoms with E-state index >= 15 is 0 Å². The van der Waals surface area contributed by atoms with Crippen LogP contribution in [0, 0.1) is 5.92 Å². The van der Waals surface area contributed by atoms with Gasteiger partial charge in [0.1, 0.15) is 6.04 Å². The molecule has 2 aliphatic rings. The fourth-order valence-electron chi connectivity index (χ4n) is 2.82. The van der Waals surface area contributed by atoms with Crippen LogP contribution in [0.25, 0.3) is 0 Å². The van der Waals surface area contributed by atoms with E-state index in [0.717, 1.165) is 6.42 Å². The number of aliphatic carboxylic acids is 1. The number of likely N-dealkylation sites (tertiary alicyclic amines) is 2. The monoisotopic (exact) mass is 269 g/mol. The van der Waals surface area contributed by atoms with Crippen LogP contribution in [0.15, 0.2) is 0 Å². The third kappa shape index (κ3) is 2.80. The lowest BCUT2D eigenvalue weighted by molar-refractivity contribution is -0.141. The SMILES string of the molecule is NC(=O)C1CCCN(C(=O)N2CCC[C@@H]2C(=O)O)C1. The Morgan fingerprint density at radius 1 is 1.11 bits per heavy atom. The van der Waals surface area contributed by atoms with Crippen molar-refractivity contribution in [3.8, 4) is 0 Å². The van der Waals surface area contributed by atoms with Crippen LogP contribution in [0.5, 0.6) is 0 Å². The number of piperidine rings is 1. The number of nitrogens with zero attached hydrogens (tertiary/aromatic N) is 2.